The van der Waals surface area contributed by atoms with E-state index in [2.05, 4.69) is 53.6 Å². The summed E-state index contributed by atoms with van der Waals surface area (Å²) in [6.45, 7) is 6.33. The third kappa shape index (κ3) is 4.43. The number of hydrogen-bond acceptors (Lipinski definition) is 4. The van der Waals surface area contributed by atoms with Crippen molar-refractivity contribution < 1.29 is 4.79 Å². The first-order valence-electron chi connectivity index (χ1n) is 8.76. The van der Waals surface area contributed by atoms with Gasteiger partial charge in [-0.25, -0.2) is 0 Å². The van der Waals surface area contributed by atoms with Crippen LogP contribution in [-0.2, 0) is 0 Å². The van der Waals surface area contributed by atoms with Crippen LogP contribution in [0.25, 0.3) is 0 Å². The summed E-state index contributed by atoms with van der Waals surface area (Å²) in [5.74, 6) is -0.0762. The summed E-state index contributed by atoms with van der Waals surface area (Å²) in [5.41, 5.74) is 4.03. The summed E-state index contributed by atoms with van der Waals surface area (Å²) in [7, 11) is 0. The van der Waals surface area contributed by atoms with Gasteiger partial charge in [-0.05, 0) is 73.8 Å². The minimum atomic E-state index is -0.0762. The highest BCUT2D eigenvalue weighted by Crippen LogP contribution is 2.22. The molecule has 0 unspecified atom stereocenters. The molecule has 26 heavy (non-hydrogen) atoms. The fraction of sp³-hybridized carbons (Fsp3) is 0.190. The summed E-state index contributed by atoms with van der Waals surface area (Å²) in [6, 6.07) is 19.8. The molecular formula is C21H23N3OS. The fourth-order valence-corrected chi connectivity index (χ4v) is 3.37. The Labute approximate surface area is 158 Å². The van der Waals surface area contributed by atoms with Gasteiger partial charge in [0.2, 0.25) is 0 Å². The predicted octanol–water partition coefficient (Wildman–Crippen LogP) is 5.59. The van der Waals surface area contributed by atoms with E-state index in [4.69, 9.17) is 0 Å². The van der Waals surface area contributed by atoms with Gasteiger partial charge in [0.25, 0.3) is 5.91 Å². The minimum absolute atomic E-state index is 0.0762. The van der Waals surface area contributed by atoms with Crippen molar-refractivity contribution in [3.63, 3.8) is 0 Å². The zero-order chi connectivity index (χ0) is 18.4. The maximum atomic E-state index is 12.1. The molecule has 0 saturated carbocycles. The monoisotopic (exact) mass is 365 g/mol. The van der Waals surface area contributed by atoms with Crippen LogP contribution in [0.1, 0.15) is 23.5 Å². The van der Waals surface area contributed by atoms with Crippen LogP contribution in [0.2, 0.25) is 0 Å². The maximum absolute atomic E-state index is 12.1. The van der Waals surface area contributed by atoms with E-state index in [1.54, 1.807) is 0 Å². The van der Waals surface area contributed by atoms with Crippen LogP contribution in [0.4, 0.5) is 22.7 Å². The number of nitrogens with zero attached hydrogens (tertiary/aromatic N) is 1. The van der Waals surface area contributed by atoms with Crippen molar-refractivity contribution in [3.05, 3.63) is 70.9 Å². The van der Waals surface area contributed by atoms with E-state index < -0.39 is 0 Å². The number of amides is 1. The molecule has 0 aliphatic heterocycles. The molecule has 0 radical (unpaired) electrons. The normalized spacial score (nSPS) is 10.4. The molecule has 0 fully saturated rings. The highest BCUT2D eigenvalue weighted by atomic mass is 32.1. The van der Waals surface area contributed by atoms with Crippen molar-refractivity contribution in [1.82, 2.24) is 0 Å². The number of benzene rings is 2. The number of carbonyl (C=O) groups is 1. The van der Waals surface area contributed by atoms with Gasteiger partial charge in [-0.3, -0.25) is 4.79 Å². The second kappa shape index (κ2) is 8.54. The molecule has 2 N–H and O–H groups in total. The molecular weight excluding hydrogens is 342 g/mol. The topological polar surface area (TPSA) is 44.4 Å². The molecule has 4 nitrogen and oxygen atoms in total. The van der Waals surface area contributed by atoms with E-state index in [9.17, 15) is 4.79 Å². The van der Waals surface area contributed by atoms with E-state index in [0.717, 1.165) is 30.2 Å². The van der Waals surface area contributed by atoms with Gasteiger partial charge in [0.15, 0.2) is 0 Å². The van der Waals surface area contributed by atoms with E-state index in [0.29, 0.717) is 4.88 Å². The van der Waals surface area contributed by atoms with Gasteiger partial charge in [0.05, 0.1) is 4.88 Å². The third-order valence-electron chi connectivity index (χ3n) is 4.17. The number of thiophene rings is 1. The SMILES string of the molecule is CCN(CC)c1ccc(Nc2ccc(NC(=O)c3cccs3)cc2)cc1. The Morgan fingerprint density at radius 1 is 0.885 bits per heavy atom. The fourth-order valence-electron chi connectivity index (χ4n) is 2.75. The number of rotatable bonds is 7. The van der Waals surface area contributed by atoms with E-state index in [1.807, 2.05) is 41.8 Å². The van der Waals surface area contributed by atoms with Crippen LogP contribution in [0.5, 0.6) is 0 Å². The molecule has 3 aromatic rings. The zero-order valence-electron chi connectivity index (χ0n) is 15.0. The van der Waals surface area contributed by atoms with Crippen molar-refractivity contribution in [2.24, 2.45) is 0 Å². The molecule has 3 rings (SSSR count). The Hall–Kier alpha value is -2.79. The molecule has 2 aromatic carbocycles. The van der Waals surface area contributed by atoms with Crippen molar-refractivity contribution in [2.75, 3.05) is 28.6 Å². The van der Waals surface area contributed by atoms with Crippen LogP contribution in [-0.4, -0.2) is 19.0 Å². The summed E-state index contributed by atoms with van der Waals surface area (Å²) >= 11 is 1.43. The molecule has 0 aliphatic rings. The zero-order valence-corrected chi connectivity index (χ0v) is 15.8. The van der Waals surface area contributed by atoms with Crippen LogP contribution < -0.4 is 15.5 Å². The predicted molar refractivity (Wildman–Crippen MR) is 112 cm³/mol. The molecule has 0 saturated heterocycles. The van der Waals surface area contributed by atoms with E-state index in [1.165, 1.54) is 17.0 Å². The summed E-state index contributed by atoms with van der Waals surface area (Å²) < 4.78 is 0. The average Bonchev–Trinajstić information content (AvgIpc) is 3.21. The van der Waals surface area contributed by atoms with Crippen molar-refractivity contribution in [2.45, 2.75) is 13.8 Å². The second-order valence-corrected chi connectivity index (χ2v) is 6.80. The molecule has 134 valence electrons. The lowest BCUT2D eigenvalue weighted by Gasteiger charge is -2.21. The van der Waals surface area contributed by atoms with Gasteiger partial charge >= 0.3 is 0 Å². The Bertz CT molecular complexity index is 823. The second-order valence-electron chi connectivity index (χ2n) is 5.85. The van der Waals surface area contributed by atoms with Crippen LogP contribution >= 0.6 is 11.3 Å². The highest BCUT2D eigenvalue weighted by molar-refractivity contribution is 7.12. The highest BCUT2D eigenvalue weighted by Gasteiger charge is 2.06. The molecule has 0 aliphatic carbocycles. The Balaban J connectivity index is 1.61. The minimum Gasteiger partial charge on any atom is -0.372 e. The molecule has 1 heterocycles. The standard InChI is InChI=1S/C21H23N3OS/c1-3-24(4-2)19-13-11-17(12-14-19)22-16-7-9-18(10-8-16)23-21(25)20-6-5-15-26-20/h5-15,22H,3-4H2,1-2H3,(H,23,25). The molecule has 0 spiro atoms. The van der Waals surface area contributed by atoms with Gasteiger partial charge in [-0.15, -0.1) is 11.3 Å². The molecule has 1 aromatic heterocycles. The number of carbonyl (C=O) groups excluding carboxylic acids is 1. The van der Waals surface area contributed by atoms with Gasteiger partial charge in [0, 0.05) is 35.8 Å². The number of hydrogen-bond donors (Lipinski definition) is 2. The number of anilines is 4. The molecule has 5 heteroatoms. The Morgan fingerprint density at radius 3 is 2.00 bits per heavy atom. The smallest absolute Gasteiger partial charge is 0.265 e. The summed E-state index contributed by atoms with van der Waals surface area (Å²) in [4.78, 5) is 15.1. The van der Waals surface area contributed by atoms with E-state index >= 15 is 0 Å². The van der Waals surface area contributed by atoms with Gasteiger partial charge < -0.3 is 15.5 Å². The van der Waals surface area contributed by atoms with Gasteiger partial charge in [-0.1, -0.05) is 6.07 Å². The quantitative estimate of drug-likeness (QED) is 0.573. The lowest BCUT2D eigenvalue weighted by Crippen LogP contribution is -2.21. The van der Waals surface area contributed by atoms with Crippen LogP contribution in [0.15, 0.2) is 66.0 Å². The Kier molecular flexibility index (Phi) is 5.92. The van der Waals surface area contributed by atoms with Crippen LogP contribution in [0.3, 0.4) is 0 Å². The van der Waals surface area contributed by atoms with E-state index in [-0.39, 0.29) is 5.91 Å². The molecule has 1 amide bonds. The Morgan fingerprint density at radius 2 is 1.46 bits per heavy atom. The lowest BCUT2D eigenvalue weighted by atomic mass is 10.2. The van der Waals surface area contributed by atoms with Crippen molar-refractivity contribution in [3.8, 4) is 0 Å². The first-order chi connectivity index (χ1) is 12.7. The summed E-state index contributed by atoms with van der Waals surface area (Å²) in [5, 5.41) is 8.19. The maximum Gasteiger partial charge on any atom is 0.265 e. The first-order valence-corrected chi connectivity index (χ1v) is 9.64. The number of nitrogens with one attached hydrogen (secondary N) is 2. The van der Waals surface area contributed by atoms with Gasteiger partial charge in [0.1, 0.15) is 0 Å². The average molecular weight is 366 g/mol. The molecule has 0 bridgehead atoms. The first kappa shape index (κ1) is 18.0. The van der Waals surface area contributed by atoms with Gasteiger partial charge in [-0.2, -0.15) is 0 Å². The van der Waals surface area contributed by atoms with Crippen LogP contribution in [0, 0.1) is 0 Å². The van der Waals surface area contributed by atoms with Crippen molar-refractivity contribution >= 4 is 40.0 Å². The lowest BCUT2D eigenvalue weighted by molar-refractivity contribution is 0.103. The third-order valence-corrected chi connectivity index (χ3v) is 5.04. The summed E-state index contributed by atoms with van der Waals surface area (Å²) in [6.07, 6.45) is 0. The molecule has 0 atom stereocenters. The van der Waals surface area contributed by atoms with Crippen molar-refractivity contribution in [1.29, 1.82) is 0 Å². The largest absolute Gasteiger partial charge is 0.372 e.